The Labute approximate surface area is 152 Å². The second kappa shape index (κ2) is 6.64. The molecule has 0 spiro atoms. The normalized spacial score (nSPS) is 11.5. The van der Waals surface area contributed by atoms with Gasteiger partial charge in [0.2, 0.25) is 0 Å². The van der Waals surface area contributed by atoms with Crippen molar-refractivity contribution in [1.82, 2.24) is 14.4 Å². The van der Waals surface area contributed by atoms with Crippen LogP contribution in [0.25, 0.3) is 16.9 Å². The highest BCUT2D eigenvalue weighted by atomic mass is 19.4. The Morgan fingerprint density at radius 2 is 1.81 bits per heavy atom. The first kappa shape index (κ1) is 16.9. The van der Waals surface area contributed by atoms with Gasteiger partial charge < -0.3 is 14.5 Å². The number of alkyl halides is 3. The zero-order valence-electron chi connectivity index (χ0n) is 13.8. The van der Waals surface area contributed by atoms with Gasteiger partial charge in [0.25, 0.3) is 0 Å². The summed E-state index contributed by atoms with van der Waals surface area (Å²) in [6.45, 7) is 0. The van der Waals surface area contributed by atoms with E-state index in [0.717, 1.165) is 5.69 Å². The molecule has 4 rings (SSSR count). The quantitative estimate of drug-likeness (QED) is 0.547. The van der Waals surface area contributed by atoms with Crippen LogP contribution >= 0.6 is 0 Å². The summed E-state index contributed by atoms with van der Waals surface area (Å²) < 4.78 is 43.2. The van der Waals surface area contributed by atoms with Crippen LogP contribution < -0.4 is 10.1 Å². The summed E-state index contributed by atoms with van der Waals surface area (Å²) in [6.07, 6.45) is 0.318. The molecule has 4 aromatic rings. The summed E-state index contributed by atoms with van der Waals surface area (Å²) in [5.41, 5.74) is 2.39. The lowest BCUT2D eigenvalue weighted by molar-refractivity contribution is -0.274. The summed E-state index contributed by atoms with van der Waals surface area (Å²) >= 11 is 0. The zero-order chi connectivity index (χ0) is 18.9. The Balaban J connectivity index is 1.76. The summed E-state index contributed by atoms with van der Waals surface area (Å²) in [6, 6.07) is 15.1. The third-order valence-electron chi connectivity index (χ3n) is 3.77. The van der Waals surface area contributed by atoms with Gasteiger partial charge in [-0.25, -0.2) is 9.97 Å². The van der Waals surface area contributed by atoms with Gasteiger partial charge in [-0.15, -0.1) is 13.2 Å². The van der Waals surface area contributed by atoms with Crippen LogP contribution in [-0.2, 0) is 0 Å². The maximum absolute atomic E-state index is 12.5. The second-order valence-corrected chi connectivity index (χ2v) is 5.70. The molecule has 136 valence electrons. The Hall–Kier alpha value is -3.55. The fourth-order valence-corrected chi connectivity index (χ4v) is 2.67. The van der Waals surface area contributed by atoms with Gasteiger partial charge in [0.1, 0.15) is 5.75 Å². The highest BCUT2D eigenvalue weighted by Gasteiger charge is 2.31. The molecule has 0 atom stereocenters. The Bertz CT molecular complexity index is 1080. The van der Waals surface area contributed by atoms with Crippen LogP contribution in [-0.4, -0.2) is 20.7 Å². The van der Waals surface area contributed by atoms with Crippen molar-refractivity contribution < 1.29 is 17.9 Å². The minimum absolute atomic E-state index is 0.301. The summed E-state index contributed by atoms with van der Waals surface area (Å²) in [4.78, 5) is 8.83. The van der Waals surface area contributed by atoms with Gasteiger partial charge in [-0.05, 0) is 24.3 Å². The van der Waals surface area contributed by atoms with Crippen LogP contribution in [0.1, 0.15) is 0 Å². The van der Waals surface area contributed by atoms with Crippen molar-refractivity contribution in [2.24, 2.45) is 0 Å². The molecule has 0 amide bonds. The highest BCUT2D eigenvalue weighted by Crippen LogP contribution is 2.29. The third-order valence-corrected chi connectivity index (χ3v) is 3.77. The van der Waals surface area contributed by atoms with E-state index in [0.29, 0.717) is 22.7 Å². The molecule has 0 saturated heterocycles. The van der Waals surface area contributed by atoms with E-state index in [4.69, 9.17) is 0 Å². The van der Waals surface area contributed by atoms with E-state index in [2.05, 4.69) is 20.0 Å². The topological polar surface area (TPSA) is 51.5 Å². The SMILES string of the molecule is FC(F)(F)Oc1cccc(-c2cn3ccnc3c(Nc3ccccc3)n2)c1. The number of ether oxygens (including phenoxy) is 1. The maximum atomic E-state index is 12.5. The van der Waals surface area contributed by atoms with Crippen molar-refractivity contribution in [2.45, 2.75) is 6.36 Å². The molecule has 0 fully saturated rings. The van der Waals surface area contributed by atoms with Crippen LogP contribution in [0.3, 0.4) is 0 Å². The molecule has 0 aliphatic rings. The number of halogens is 3. The minimum Gasteiger partial charge on any atom is -0.406 e. The summed E-state index contributed by atoms with van der Waals surface area (Å²) in [7, 11) is 0. The molecule has 0 aliphatic carbocycles. The number of nitrogens with one attached hydrogen (secondary N) is 1. The van der Waals surface area contributed by atoms with Crippen LogP contribution in [0.4, 0.5) is 24.7 Å². The Morgan fingerprint density at radius 3 is 2.59 bits per heavy atom. The number of hydrogen-bond donors (Lipinski definition) is 1. The predicted octanol–water partition coefficient (Wildman–Crippen LogP) is 5.04. The van der Waals surface area contributed by atoms with Crippen LogP contribution in [0.5, 0.6) is 5.75 Å². The average Bonchev–Trinajstić information content (AvgIpc) is 3.10. The first-order valence-electron chi connectivity index (χ1n) is 8.00. The van der Waals surface area contributed by atoms with Gasteiger partial charge in [0.05, 0.1) is 5.69 Å². The van der Waals surface area contributed by atoms with Crippen LogP contribution in [0.15, 0.2) is 73.2 Å². The van der Waals surface area contributed by atoms with E-state index < -0.39 is 6.36 Å². The molecule has 0 aliphatic heterocycles. The minimum atomic E-state index is -4.75. The lowest BCUT2D eigenvalue weighted by Crippen LogP contribution is -2.17. The van der Waals surface area contributed by atoms with Crippen molar-refractivity contribution in [3.8, 4) is 17.0 Å². The van der Waals surface area contributed by atoms with Gasteiger partial charge in [-0.1, -0.05) is 30.3 Å². The van der Waals surface area contributed by atoms with Crippen LogP contribution in [0, 0.1) is 0 Å². The van der Waals surface area contributed by atoms with E-state index in [9.17, 15) is 13.2 Å². The Morgan fingerprint density at radius 1 is 1.00 bits per heavy atom. The first-order valence-corrected chi connectivity index (χ1v) is 8.00. The summed E-state index contributed by atoms with van der Waals surface area (Å²) in [5, 5.41) is 3.19. The van der Waals surface area contributed by atoms with E-state index in [1.165, 1.54) is 18.2 Å². The van der Waals surface area contributed by atoms with Gasteiger partial charge >= 0.3 is 6.36 Å². The number of fused-ring (bicyclic) bond motifs is 1. The second-order valence-electron chi connectivity index (χ2n) is 5.70. The number of nitrogens with zero attached hydrogens (tertiary/aromatic N) is 3. The number of aromatic nitrogens is 3. The van der Waals surface area contributed by atoms with E-state index in [1.54, 1.807) is 29.1 Å². The molecule has 0 unspecified atom stereocenters. The van der Waals surface area contributed by atoms with Crippen LogP contribution in [0.2, 0.25) is 0 Å². The molecular weight excluding hydrogens is 357 g/mol. The standard InChI is InChI=1S/C19H13F3N4O/c20-19(21,22)27-15-8-4-5-13(11-15)16-12-26-10-9-23-18(26)17(25-16)24-14-6-2-1-3-7-14/h1-12H,(H,24,25). The van der Waals surface area contributed by atoms with Crippen molar-refractivity contribution >= 4 is 17.2 Å². The largest absolute Gasteiger partial charge is 0.573 e. The van der Waals surface area contributed by atoms with Gasteiger partial charge in [-0.3, -0.25) is 0 Å². The predicted molar refractivity (Wildman–Crippen MR) is 94.8 cm³/mol. The molecule has 1 N–H and O–H groups in total. The molecule has 2 heterocycles. The molecule has 8 heteroatoms. The molecule has 0 bridgehead atoms. The number of rotatable bonds is 4. The smallest absolute Gasteiger partial charge is 0.406 e. The van der Waals surface area contributed by atoms with Gasteiger partial charge in [-0.2, -0.15) is 0 Å². The lowest BCUT2D eigenvalue weighted by Gasteiger charge is -2.12. The molecular formula is C19H13F3N4O. The van der Waals surface area contributed by atoms with Crippen molar-refractivity contribution in [2.75, 3.05) is 5.32 Å². The fraction of sp³-hybridized carbons (Fsp3) is 0.0526. The fourth-order valence-electron chi connectivity index (χ4n) is 2.67. The van der Waals surface area contributed by atoms with E-state index in [1.807, 2.05) is 30.3 Å². The van der Waals surface area contributed by atoms with Crippen molar-refractivity contribution in [3.05, 3.63) is 73.2 Å². The molecule has 2 aromatic carbocycles. The van der Waals surface area contributed by atoms with E-state index in [-0.39, 0.29) is 5.75 Å². The van der Waals surface area contributed by atoms with Gasteiger partial charge in [0, 0.05) is 29.8 Å². The summed E-state index contributed by atoms with van der Waals surface area (Å²) in [5.74, 6) is 0.191. The highest BCUT2D eigenvalue weighted by molar-refractivity contribution is 5.73. The lowest BCUT2D eigenvalue weighted by atomic mass is 10.1. The zero-order valence-corrected chi connectivity index (χ0v) is 13.8. The van der Waals surface area contributed by atoms with Crippen molar-refractivity contribution in [1.29, 1.82) is 0 Å². The number of hydrogen-bond acceptors (Lipinski definition) is 4. The van der Waals surface area contributed by atoms with Gasteiger partial charge in [0.15, 0.2) is 11.5 Å². The monoisotopic (exact) mass is 370 g/mol. The third kappa shape index (κ3) is 3.84. The number of benzene rings is 2. The number of para-hydroxylation sites is 1. The first-order chi connectivity index (χ1) is 13.0. The van der Waals surface area contributed by atoms with E-state index >= 15 is 0 Å². The molecule has 0 saturated carbocycles. The number of imidazole rings is 1. The average molecular weight is 370 g/mol. The number of anilines is 2. The maximum Gasteiger partial charge on any atom is 0.573 e. The molecule has 2 aromatic heterocycles. The molecule has 5 nitrogen and oxygen atoms in total. The Kier molecular flexibility index (Phi) is 4.15. The molecule has 0 radical (unpaired) electrons. The molecule has 27 heavy (non-hydrogen) atoms. The van der Waals surface area contributed by atoms with Crippen molar-refractivity contribution in [3.63, 3.8) is 0 Å².